The number of anilines is 2. The second-order valence-corrected chi connectivity index (χ2v) is 4.08. The van der Waals surface area contributed by atoms with Crippen molar-refractivity contribution < 1.29 is 0 Å². The zero-order valence-electron chi connectivity index (χ0n) is 8.59. The van der Waals surface area contributed by atoms with Crippen LogP contribution < -0.4 is 11.1 Å². The summed E-state index contributed by atoms with van der Waals surface area (Å²) in [6.07, 6.45) is 5.81. The summed E-state index contributed by atoms with van der Waals surface area (Å²) in [7, 11) is 0. The van der Waals surface area contributed by atoms with Gasteiger partial charge in [0, 0.05) is 6.54 Å². The van der Waals surface area contributed by atoms with Crippen molar-refractivity contribution in [3.63, 3.8) is 0 Å². The SMILES string of the molecule is Cc1cc(NCCC2CC2)ncc1N. The molecular formula is C11H17N3. The van der Waals surface area contributed by atoms with Gasteiger partial charge in [0.25, 0.3) is 0 Å². The van der Waals surface area contributed by atoms with Crippen LogP contribution in [-0.4, -0.2) is 11.5 Å². The van der Waals surface area contributed by atoms with E-state index in [0.29, 0.717) is 0 Å². The number of aromatic nitrogens is 1. The van der Waals surface area contributed by atoms with Gasteiger partial charge in [-0.2, -0.15) is 0 Å². The molecule has 0 spiro atoms. The molecule has 1 heterocycles. The lowest BCUT2D eigenvalue weighted by Crippen LogP contribution is -2.04. The summed E-state index contributed by atoms with van der Waals surface area (Å²) in [5.74, 6) is 1.91. The summed E-state index contributed by atoms with van der Waals surface area (Å²) >= 11 is 0. The van der Waals surface area contributed by atoms with E-state index in [1.165, 1.54) is 19.3 Å². The Hall–Kier alpha value is -1.25. The average Bonchev–Trinajstić information content (AvgIpc) is 2.95. The molecule has 2 rings (SSSR count). The molecule has 0 aromatic carbocycles. The van der Waals surface area contributed by atoms with E-state index in [1.807, 2.05) is 13.0 Å². The molecule has 1 aromatic heterocycles. The number of nitrogens with one attached hydrogen (secondary N) is 1. The number of aryl methyl sites for hydroxylation is 1. The number of nitrogen functional groups attached to an aromatic ring is 1. The Kier molecular flexibility index (Phi) is 2.57. The monoisotopic (exact) mass is 191 g/mol. The summed E-state index contributed by atoms with van der Waals surface area (Å²) in [4.78, 5) is 4.22. The maximum absolute atomic E-state index is 5.69. The fourth-order valence-electron chi connectivity index (χ4n) is 1.47. The normalized spacial score (nSPS) is 15.5. The lowest BCUT2D eigenvalue weighted by atomic mass is 10.2. The van der Waals surface area contributed by atoms with Gasteiger partial charge in [-0.3, -0.25) is 0 Å². The minimum atomic E-state index is 0.762. The third-order valence-electron chi connectivity index (χ3n) is 2.71. The molecule has 76 valence electrons. The van der Waals surface area contributed by atoms with Gasteiger partial charge < -0.3 is 11.1 Å². The Morgan fingerprint density at radius 1 is 1.57 bits per heavy atom. The van der Waals surface area contributed by atoms with E-state index in [9.17, 15) is 0 Å². The minimum Gasteiger partial charge on any atom is -0.397 e. The lowest BCUT2D eigenvalue weighted by molar-refractivity contribution is 0.758. The highest BCUT2D eigenvalue weighted by Crippen LogP contribution is 2.32. The fourth-order valence-corrected chi connectivity index (χ4v) is 1.47. The van der Waals surface area contributed by atoms with Crippen molar-refractivity contribution in [3.8, 4) is 0 Å². The van der Waals surface area contributed by atoms with E-state index >= 15 is 0 Å². The van der Waals surface area contributed by atoms with E-state index < -0.39 is 0 Å². The van der Waals surface area contributed by atoms with Gasteiger partial charge in [-0.25, -0.2) is 4.98 Å². The van der Waals surface area contributed by atoms with Gasteiger partial charge in [0.15, 0.2) is 0 Å². The highest BCUT2D eigenvalue weighted by atomic mass is 15.0. The number of nitrogens with two attached hydrogens (primary N) is 1. The van der Waals surface area contributed by atoms with Gasteiger partial charge in [0.05, 0.1) is 11.9 Å². The Bertz CT molecular complexity index is 318. The first-order valence-electron chi connectivity index (χ1n) is 5.21. The smallest absolute Gasteiger partial charge is 0.126 e. The first-order chi connectivity index (χ1) is 6.75. The van der Waals surface area contributed by atoms with E-state index in [4.69, 9.17) is 5.73 Å². The Labute approximate surface area is 84.7 Å². The van der Waals surface area contributed by atoms with Crippen LogP contribution in [0.4, 0.5) is 11.5 Å². The first kappa shape index (κ1) is 9.31. The van der Waals surface area contributed by atoms with Crippen LogP contribution in [-0.2, 0) is 0 Å². The number of nitrogens with zero attached hydrogens (tertiary/aromatic N) is 1. The average molecular weight is 191 g/mol. The molecule has 0 unspecified atom stereocenters. The summed E-state index contributed by atoms with van der Waals surface area (Å²) in [6.45, 7) is 3.03. The number of pyridine rings is 1. The van der Waals surface area contributed by atoms with Crippen molar-refractivity contribution in [3.05, 3.63) is 17.8 Å². The van der Waals surface area contributed by atoms with Crippen molar-refractivity contribution in [2.75, 3.05) is 17.6 Å². The molecule has 1 fully saturated rings. The van der Waals surface area contributed by atoms with Crippen LogP contribution >= 0.6 is 0 Å². The molecule has 3 N–H and O–H groups in total. The molecule has 0 bridgehead atoms. The molecule has 0 saturated heterocycles. The second-order valence-electron chi connectivity index (χ2n) is 4.08. The Morgan fingerprint density at radius 2 is 2.36 bits per heavy atom. The Morgan fingerprint density at radius 3 is 3.00 bits per heavy atom. The molecule has 3 heteroatoms. The molecule has 14 heavy (non-hydrogen) atoms. The number of rotatable bonds is 4. The molecule has 1 aromatic rings. The van der Waals surface area contributed by atoms with E-state index in [0.717, 1.165) is 29.5 Å². The molecule has 3 nitrogen and oxygen atoms in total. The number of hydrogen-bond acceptors (Lipinski definition) is 3. The quantitative estimate of drug-likeness (QED) is 0.767. The van der Waals surface area contributed by atoms with Gasteiger partial charge in [0.2, 0.25) is 0 Å². The molecule has 0 aliphatic heterocycles. The van der Waals surface area contributed by atoms with Crippen molar-refractivity contribution in [2.24, 2.45) is 5.92 Å². The summed E-state index contributed by atoms with van der Waals surface area (Å²) in [5.41, 5.74) is 7.54. The van der Waals surface area contributed by atoms with Crippen LogP contribution in [0, 0.1) is 12.8 Å². The summed E-state index contributed by atoms with van der Waals surface area (Å²) in [6, 6.07) is 2.00. The predicted molar refractivity (Wildman–Crippen MR) is 59.2 cm³/mol. The van der Waals surface area contributed by atoms with Crippen LogP contribution in [0.3, 0.4) is 0 Å². The van der Waals surface area contributed by atoms with Gasteiger partial charge in [-0.15, -0.1) is 0 Å². The van der Waals surface area contributed by atoms with Crippen molar-refractivity contribution in [2.45, 2.75) is 26.2 Å². The largest absolute Gasteiger partial charge is 0.397 e. The van der Waals surface area contributed by atoms with E-state index in [-0.39, 0.29) is 0 Å². The van der Waals surface area contributed by atoms with Crippen LogP contribution in [0.2, 0.25) is 0 Å². The van der Waals surface area contributed by atoms with Crippen molar-refractivity contribution >= 4 is 11.5 Å². The molecule has 0 radical (unpaired) electrons. The van der Waals surface area contributed by atoms with Crippen LogP contribution in [0.15, 0.2) is 12.3 Å². The third kappa shape index (κ3) is 2.37. The highest BCUT2D eigenvalue weighted by molar-refractivity contribution is 5.50. The first-order valence-corrected chi connectivity index (χ1v) is 5.21. The molecule has 1 aliphatic rings. The molecule has 1 saturated carbocycles. The lowest BCUT2D eigenvalue weighted by Gasteiger charge is -2.06. The zero-order valence-corrected chi connectivity index (χ0v) is 8.59. The van der Waals surface area contributed by atoms with Crippen LogP contribution in [0.1, 0.15) is 24.8 Å². The standard InChI is InChI=1S/C11H17N3/c1-8-6-11(14-7-10(8)12)13-5-4-9-2-3-9/h6-7,9H,2-5,12H2,1H3,(H,13,14). The molecule has 1 aliphatic carbocycles. The zero-order chi connectivity index (χ0) is 9.97. The predicted octanol–water partition coefficient (Wildman–Crippen LogP) is 2.18. The van der Waals surface area contributed by atoms with Crippen molar-refractivity contribution in [1.29, 1.82) is 0 Å². The summed E-state index contributed by atoms with van der Waals surface area (Å²) < 4.78 is 0. The second kappa shape index (κ2) is 3.86. The van der Waals surface area contributed by atoms with Crippen LogP contribution in [0.5, 0.6) is 0 Å². The molecule has 0 atom stereocenters. The minimum absolute atomic E-state index is 0.762. The molecular weight excluding hydrogens is 174 g/mol. The van der Waals surface area contributed by atoms with E-state index in [1.54, 1.807) is 6.20 Å². The summed E-state index contributed by atoms with van der Waals surface area (Å²) in [5, 5.41) is 3.32. The maximum Gasteiger partial charge on any atom is 0.126 e. The van der Waals surface area contributed by atoms with Gasteiger partial charge in [-0.05, 0) is 30.9 Å². The fraction of sp³-hybridized carbons (Fsp3) is 0.545. The van der Waals surface area contributed by atoms with Crippen molar-refractivity contribution in [1.82, 2.24) is 4.98 Å². The number of hydrogen-bond donors (Lipinski definition) is 2. The maximum atomic E-state index is 5.69. The van der Waals surface area contributed by atoms with Crippen LogP contribution in [0.25, 0.3) is 0 Å². The van der Waals surface area contributed by atoms with Gasteiger partial charge in [-0.1, -0.05) is 12.8 Å². The topological polar surface area (TPSA) is 50.9 Å². The van der Waals surface area contributed by atoms with Gasteiger partial charge in [0.1, 0.15) is 5.82 Å². The third-order valence-corrected chi connectivity index (χ3v) is 2.71. The van der Waals surface area contributed by atoms with Gasteiger partial charge >= 0.3 is 0 Å². The Balaban J connectivity index is 1.85. The highest BCUT2D eigenvalue weighted by Gasteiger charge is 2.20. The molecule has 0 amide bonds. The van der Waals surface area contributed by atoms with E-state index in [2.05, 4.69) is 10.3 Å².